The summed E-state index contributed by atoms with van der Waals surface area (Å²) in [6.45, 7) is 5.55. The van der Waals surface area contributed by atoms with Crippen LogP contribution in [0.25, 0.3) is 11.1 Å². The summed E-state index contributed by atoms with van der Waals surface area (Å²) in [7, 11) is -2.85. The standard InChI is InChI=1S/C23H31N3O5S/c1-5-31-14-19-12-18(13-24)10-11-20(19)21-8-6-7-9-22(21)32(28,29)26(15-30-4)23(25)16(2)17(3)27/h6-12,25,27H,5,13-15,24H2,1-4H3/b17-16-,25-23?. The van der Waals surface area contributed by atoms with Crippen molar-refractivity contribution in [1.29, 1.82) is 5.41 Å². The highest BCUT2D eigenvalue weighted by Crippen LogP contribution is 2.33. The number of nitrogens with two attached hydrogens (primary N) is 1. The van der Waals surface area contributed by atoms with Gasteiger partial charge in [0.1, 0.15) is 12.6 Å². The van der Waals surface area contributed by atoms with Crippen molar-refractivity contribution in [2.24, 2.45) is 5.73 Å². The molecule has 4 N–H and O–H groups in total. The van der Waals surface area contributed by atoms with Crippen LogP contribution in [0, 0.1) is 5.41 Å². The van der Waals surface area contributed by atoms with Crippen molar-refractivity contribution in [3.05, 3.63) is 64.9 Å². The molecule has 9 heteroatoms. The number of nitrogens with zero attached hydrogens (tertiary/aromatic N) is 1. The molecule has 0 heterocycles. The quantitative estimate of drug-likeness (QED) is 0.214. The molecule has 0 saturated heterocycles. The lowest BCUT2D eigenvalue weighted by Gasteiger charge is -2.26. The fraction of sp³-hybridized carbons (Fsp3) is 0.348. The van der Waals surface area contributed by atoms with Gasteiger partial charge < -0.3 is 20.3 Å². The average Bonchev–Trinajstić information content (AvgIpc) is 2.79. The van der Waals surface area contributed by atoms with Crippen LogP contribution in [-0.2, 0) is 32.6 Å². The smallest absolute Gasteiger partial charge is 0.268 e. The number of rotatable bonds is 10. The molecular formula is C23H31N3O5S. The Balaban J connectivity index is 2.70. The van der Waals surface area contributed by atoms with Crippen molar-refractivity contribution in [3.63, 3.8) is 0 Å². The molecule has 0 unspecified atom stereocenters. The van der Waals surface area contributed by atoms with Gasteiger partial charge in [-0.15, -0.1) is 0 Å². The highest BCUT2D eigenvalue weighted by atomic mass is 32.2. The number of benzene rings is 2. The van der Waals surface area contributed by atoms with E-state index in [4.69, 9.17) is 20.6 Å². The summed E-state index contributed by atoms with van der Waals surface area (Å²) in [5.41, 5.74) is 8.81. The SMILES string of the molecule is CCOCc1cc(CN)ccc1-c1ccccc1S(=O)(=O)N(COC)C(=N)/C(C)=C(/C)O. The molecule has 2 aromatic rings. The van der Waals surface area contributed by atoms with Gasteiger partial charge >= 0.3 is 0 Å². The lowest BCUT2D eigenvalue weighted by molar-refractivity contribution is 0.134. The molecule has 0 aliphatic heterocycles. The summed E-state index contributed by atoms with van der Waals surface area (Å²) in [6.07, 6.45) is 0. The van der Waals surface area contributed by atoms with Crippen molar-refractivity contribution in [2.45, 2.75) is 38.8 Å². The Kier molecular flexibility index (Phi) is 8.97. The summed E-state index contributed by atoms with van der Waals surface area (Å²) in [5, 5.41) is 18.2. The highest BCUT2D eigenvalue weighted by molar-refractivity contribution is 7.89. The molecule has 0 spiro atoms. The Bertz CT molecular complexity index is 1090. The molecule has 0 fully saturated rings. The van der Waals surface area contributed by atoms with E-state index >= 15 is 0 Å². The Morgan fingerprint density at radius 2 is 1.84 bits per heavy atom. The van der Waals surface area contributed by atoms with Crippen LogP contribution in [0.4, 0.5) is 0 Å². The average molecular weight is 462 g/mol. The maximum Gasteiger partial charge on any atom is 0.268 e. The Morgan fingerprint density at radius 1 is 1.16 bits per heavy atom. The number of amidine groups is 1. The largest absolute Gasteiger partial charge is 0.512 e. The van der Waals surface area contributed by atoms with Gasteiger partial charge in [-0.1, -0.05) is 36.4 Å². The molecule has 0 atom stereocenters. The lowest BCUT2D eigenvalue weighted by Crippen LogP contribution is -2.39. The van der Waals surface area contributed by atoms with E-state index in [2.05, 4.69) is 0 Å². The van der Waals surface area contributed by atoms with Gasteiger partial charge in [0.15, 0.2) is 0 Å². The molecule has 0 aliphatic carbocycles. The van der Waals surface area contributed by atoms with Crippen LogP contribution < -0.4 is 5.73 Å². The molecule has 0 aromatic heterocycles. The summed E-state index contributed by atoms with van der Waals surface area (Å²) in [4.78, 5) is 0.0171. The van der Waals surface area contributed by atoms with Crippen LogP contribution >= 0.6 is 0 Å². The molecule has 8 nitrogen and oxygen atoms in total. The minimum atomic E-state index is -4.20. The van der Waals surface area contributed by atoms with Crippen LogP contribution in [0.2, 0.25) is 0 Å². The molecule has 0 aliphatic rings. The van der Waals surface area contributed by atoms with Crippen LogP contribution in [0.15, 0.2) is 58.7 Å². The summed E-state index contributed by atoms with van der Waals surface area (Å²) in [6, 6.07) is 12.2. The third-order valence-corrected chi connectivity index (χ3v) is 6.79. The van der Waals surface area contributed by atoms with Crippen molar-refractivity contribution in [3.8, 4) is 11.1 Å². The number of aliphatic hydroxyl groups excluding tert-OH is 1. The Morgan fingerprint density at radius 3 is 2.44 bits per heavy atom. The molecular weight excluding hydrogens is 430 g/mol. The Labute approximate surface area is 189 Å². The number of sulfonamides is 1. The number of hydrogen-bond acceptors (Lipinski definition) is 7. The third kappa shape index (κ3) is 5.55. The molecule has 32 heavy (non-hydrogen) atoms. The minimum absolute atomic E-state index is 0.0171. The monoisotopic (exact) mass is 461 g/mol. The first-order chi connectivity index (χ1) is 15.2. The zero-order chi connectivity index (χ0) is 23.9. The number of allylic oxidation sites excluding steroid dienone is 1. The summed E-state index contributed by atoms with van der Waals surface area (Å²) in [5.74, 6) is -0.509. The molecule has 0 bridgehead atoms. The van der Waals surface area contributed by atoms with Crippen LogP contribution in [-0.4, -0.2) is 44.1 Å². The van der Waals surface area contributed by atoms with E-state index in [0.29, 0.717) is 30.9 Å². The van der Waals surface area contributed by atoms with Crippen LogP contribution in [0.1, 0.15) is 31.9 Å². The van der Waals surface area contributed by atoms with Crippen molar-refractivity contribution < 1.29 is 23.0 Å². The predicted octanol–water partition coefficient (Wildman–Crippen LogP) is 3.77. The molecule has 174 valence electrons. The Hall–Kier alpha value is -2.72. The van der Waals surface area contributed by atoms with E-state index in [9.17, 15) is 13.5 Å². The third-order valence-electron chi connectivity index (χ3n) is 5.01. The van der Waals surface area contributed by atoms with E-state index < -0.39 is 10.0 Å². The number of hydrogen-bond donors (Lipinski definition) is 3. The molecule has 0 saturated carbocycles. The highest BCUT2D eigenvalue weighted by Gasteiger charge is 2.31. The zero-order valence-corrected chi connectivity index (χ0v) is 19.7. The van der Waals surface area contributed by atoms with Crippen molar-refractivity contribution in [1.82, 2.24) is 4.31 Å². The van der Waals surface area contributed by atoms with Gasteiger partial charge in [0.05, 0.1) is 17.3 Å². The van der Waals surface area contributed by atoms with E-state index in [0.717, 1.165) is 15.4 Å². The fourth-order valence-corrected chi connectivity index (χ4v) is 4.70. The van der Waals surface area contributed by atoms with Gasteiger partial charge in [-0.25, -0.2) is 12.7 Å². The molecule has 2 rings (SSSR count). The number of methoxy groups -OCH3 is 1. The summed E-state index contributed by atoms with van der Waals surface area (Å²) < 4.78 is 38.9. The van der Waals surface area contributed by atoms with Gasteiger partial charge in [-0.3, -0.25) is 5.41 Å². The molecule has 0 radical (unpaired) electrons. The maximum absolute atomic E-state index is 13.7. The first kappa shape index (κ1) is 25.5. The normalized spacial score (nSPS) is 12.4. The number of aliphatic hydroxyl groups is 1. The van der Waals surface area contributed by atoms with Gasteiger partial charge in [0, 0.05) is 31.4 Å². The van der Waals surface area contributed by atoms with E-state index in [1.165, 1.54) is 27.0 Å². The van der Waals surface area contributed by atoms with E-state index in [1.54, 1.807) is 18.2 Å². The topological polar surface area (TPSA) is 126 Å². The van der Waals surface area contributed by atoms with E-state index in [-0.39, 0.29) is 28.8 Å². The summed E-state index contributed by atoms with van der Waals surface area (Å²) >= 11 is 0. The van der Waals surface area contributed by atoms with Crippen molar-refractivity contribution in [2.75, 3.05) is 20.4 Å². The number of nitrogens with one attached hydrogen (secondary N) is 1. The first-order valence-electron chi connectivity index (χ1n) is 10.1. The van der Waals surface area contributed by atoms with Gasteiger partial charge in [-0.2, -0.15) is 0 Å². The lowest BCUT2D eigenvalue weighted by atomic mass is 9.98. The predicted molar refractivity (Wildman–Crippen MR) is 125 cm³/mol. The fourth-order valence-electron chi connectivity index (χ4n) is 3.13. The number of ether oxygens (including phenoxy) is 2. The van der Waals surface area contributed by atoms with Gasteiger partial charge in [0.2, 0.25) is 0 Å². The first-order valence-corrected chi connectivity index (χ1v) is 11.6. The second kappa shape index (κ2) is 11.2. The van der Waals surface area contributed by atoms with Crippen molar-refractivity contribution >= 4 is 15.9 Å². The molecule has 2 aromatic carbocycles. The zero-order valence-electron chi connectivity index (χ0n) is 18.9. The second-order valence-corrected chi connectivity index (χ2v) is 8.99. The van der Waals surface area contributed by atoms with Crippen LogP contribution in [0.3, 0.4) is 0 Å². The van der Waals surface area contributed by atoms with E-state index in [1.807, 2.05) is 25.1 Å². The van der Waals surface area contributed by atoms with Gasteiger partial charge in [0.25, 0.3) is 10.0 Å². The second-order valence-electron chi connectivity index (χ2n) is 7.16. The minimum Gasteiger partial charge on any atom is -0.512 e. The van der Waals surface area contributed by atoms with Crippen LogP contribution in [0.5, 0.6) is 0 Å². The maximum atomic E-state index is 13.7. The molecule has 0 amide bonds. The van der Waals surface area contributed by atoms with Gasteiger partial charge in [-0.05, 0) is 43.5 Å².